The van der Waals surface area contributed by atoms with Crippen molar-refractivity contribution in [1.82, 2.24) is 0 Å². The molecule has 0 heteroatoms. The van der Waals surface area contributed by atoms with Gasteiger partial charge in [-0.1, -0.05) is 96.9 Å². The quantitative estimate of drug-likeness (QED) is 0.480. The molecular formula is C21H42. The van der Waals surface area contributed by atoms with Gasteiger partial charge in [-0.15, -0.1) is 0 Å². The Balaban J connectivity index is 3.85. The van der Waals surface area contributed by atoms with Crippen LogP contribution in [0.1, 0.15) is 96.9 Å². The van der Waals surface area contributed by atoms with Gasteiger partial charge >= 0.3 is 0 Å². The van der Waals surface area contributed by atoms with Crippen LogP contribution in [0.15, 0.2) is 0 Å². The highest BCUT2D eigenvalue weighted by Gasteiger charge is 2.77. The van der Waals surface area contributed by atoms with Crippen molar-refractivity contribution < 1.29 is 0 Å². The Labute approximate surface area is 135 Å². The molecule has 0 radical (unpaired) electrons. The highest BCUT2D eigenvalue weighted by atomic mass is 14.8. The van der Waals surface area contributed by atoms with Crippen molar-refractivity contribution in [2.75, 3.05) is 0 Å². The molecule has 1 fully saturated rings. The van der Waals surface area contributed by atoms with E-state index >= 15 is 0 Å². The van der Waals surface area contributed by atoms with Gasteiger partial charge in [0.2, 0.25) is 0 Å². The summed E-state index contributed by atoms with van der Waals surface area (Å²) in [5.74, 6) is 0. The molecule has 1 rings (SSSR count). The van der Waals surface area contributed by atoms with E-state index in [1.165, 1.54) is 0 Å². The maximum Gasteiger partial charge on any atom is -0.0157 e. The summed E-state index contributed by atoms with van der Waals surface area (Å²) in [6.07, 6.45) is 0. The third-order valence-corrected chi connectivity index (χ3v) is 10.3. The molecule has 126 valence electrons. The fourth-order valence-electron chi connectivity index (χ4n) is 5.91. The minimum atomic E-state index is 0.234. The average molecular weight is 295 g/mol. The summed E-state index contributed by atoms with van der Waals surface area (Å²) < 4.78 is 0. The minimum Gasteiger partial charge on any atom is -0.0596 e. The summed E-state index contributed by atoms with van der Waals surface area (Å²) in [5, 5.41) is 0. The summed E-state index contributed by atoms with van der Waals surface area (Å²) in [5.41, 5.74) is 1.80. The van der Waals surface area contributed by atoms with E-state index in [2.05, 4.69) is 96.9 Å². The fraction of sp³-hybridized carbons (Fsp3) is 1.00. The van der Waals surface area contributed by atoms with Crippen LogP contribution in [0.5, 0.6) is 0 Å². The maximum atomic E-state index is 2.58. The van der Waals surface area contributed by atoms with Crippen LogP contribution in [-0.4, -0.2) is 0 Å². The van der Waals surface area contributed by atoms with Crippen molar-refractivity contribution in [1.29, 1.82) is 0 Å². The van der Waals surface area contributed by atoms with E-state index in [1.807, 2.05) is 0 Å². The van der Waals surface area contributed by atoms with E-state index in [1.54, 1.807) is 0 Å². The van der Waals surface area contributed by atoms with Gasteiger partial charge in [-0.05, 0) is 37.9 Å². The Hall–Kier alpha value is 0. The topological polar surface area (TPSA) is 0 Å². The van der Waals surface area contributed by atoms with Gasteiger partial charge in [-0.25, -0.2) is 0 Å². The number of rotatable bonds is 1. The number of hydrogen-bond donors (Lipinski definition) is 0. The molecule has 1 aliphatic carbocycles. The van der Waals surface area contributed by atoms with Crippen LogP contribution in [0.2, 0.25) is 0 Å². The molecule has 21 heavy (non-hydrogen) atoms. The van der Waals surface area contributed by atoms with Gasteiger partial charge in [-0.3, -0.25) is 0 Å². The molecule has 0 nitrogen and oxygen atoms in total. The van der Waals surface area contributed by atoms with E-state index in [-0.39, 0.29) is 37.9 Å². The van der Waals surface area contributed by atoms with Crippen molar-refractivity contribution >= 4 is 0 Å². The smallest absolute Gasteiger partial charge is 0.0157 e. The Kier molecular flexibility index (Phi) is 3.71. The number of hydrogen-bond acceptors (Lipinski definition) is 0. The Bertz CT molecular complexity index is 395. The SMILES string of the molecule is CC(C)(C)C(C)(C)C1(C)C(C)(C)C(C)(C)C(C)(C)C1(C)C. The van der Waals surface area contributed by atoms with Crippen molar-refractivity contribution in [3.8, 4) is 0 Å². The Morgan fingerprint density at radius 3 is 0.857 bits per heavy atom. The van der Waals surface area contributed by atoms with E-state index in [0.717, 1.165) is 0 Å². The van der Waals surface area contributed by atoms with E-state index in [0.29, 0.717) is 0 Å². The average Bonchev–Trinajstić information content (AvgIpc) is 2.28. The van der Waals surface area contributed by atoms with Gasteiger partial charge in [0.15, 0.2) is 0 Å². The second-order valence-electron chi connectivity index (χ2n) is 11.5. The third kappa shape index (κ3) is 1.63. The molecule has 1 aliphatic rings. The molecule has 0 spiro atoms. The highest BCUT2D eigenvalue weighted by molar-refractivity contribution is 5.25. The van der Waals surface area contributed by atoms with Gasteiger partial charge in [0.05, 0.1) is 0 Å². The zero-order chi connectivity index (χ0) is 17.5. The molecule has 0 aromatic heterocycles. The third-order valence-electron chi connectivity index (χ3n) is 10.3. The van der Waals surface area contributed by atoms with Crippen LogP contribution >= 0.6 is 0 Å². The Morgan fingerprint density at radius 2 is 0.667 bits per heavy atom. The molecule has 0 aromatic carbocycles. The van der Waals surface area contributed by atoms with Crippen LogP contribution in [-0.2, 0) is 0 Å². The lowest BCUT2D eigenvalue weighted by atomic mass is 9.41. The van der Waals surface area contributed by atoms with E-state index < -0.39 is 0 Å². The van der Waals surface area contributed by atoms with Crippen LogP contribution in [0.25, 0.3) is 0 Å². The van der Waals surface area contributed by atoms with Gasteiger partial charge in [0.1, 0.15) is 0 Å². The van der Waals surface area contributed by atoms with Crippen molar-refractivity contribution in [2.45, 2.75) is 96.9 Å². The first kappa shape index (κ1) is 19.0. The zero-order valence-corrected chi connectivity index (χ0v) is 17.5. The second-order valence-corrected chi connectivity index (χ2v) is 11.5. The summed E-state index contributed by atoms with van der Waals surface area (Å²) in [6, 6.07) is 0. The van der Waals surface area contributed by atoms with Crippen LogP contribution in [0, 0.1) is 37.9 Å². The van der Waals surface area contributed by atoms with Gasteiger partial charge in [-0.2, -0.15) is 0 Å². The Morgan fingerprint density at radius 1 is 0.429 bits per heavy atom. The molecule has 0 aromatic rings. The second kappa shape index (κ2) is 4.09. The first-order valence-electron chi connectivity index (χ1n) is 8.75. The molecule has 0 saturated heterocycles. The normalized spacial score (nSPS) is 29.4. The maximum absolute atomic E-state index is 2.58. The molecule has 0 atom stereocenters. The summed E-state index contributed by atoms with van der Waals surface area (Å²) in [6.45, 7) is 34.9. The first-order chi connectivity index (χ1) is 8.75. The molecule has 1 saturated carbocycles. The largest absolute Gasteiger partial charge is 0.0596 e. The van der Waals surface area contributed by atoms with Crippen LogP contribution < -0.4 is 0 Å². The van der Waals surface area contributed by atoms with Crippen LogP contribution in [0.4, 0.5) is 0 Å². The molecule has 0 amide bonds. The van der Waals surface area contributed by atoms with E-state index in [4.69, 9.17) is 0 Å². The predicted octanol–water partition coefficient (Wildman–Crippen LogP) is 7.18. The van der Waals surface area contributed by atoms with E-state index in [9.17, 15) is 0 Å². The zero-order valence-electron chi connectivity index (χ0n) is 17.5. The summed E-state index contributed by atoms with van der Waals surface area (Å²) in [4.78, 5) is 0. The molecular weight excluding hydrogens is 252 g/mol. The lowest BCUT2D eigenvalue weighted by Gasteiger charge is -2.63. The lowest BCUT2D eigenvalue weighted by Crippen LogP contribution is -2.57. The van der Waals surface area contributed by atoms with Crippen LogP contribution in [0.3, 0.4) is 0 Å². The summed E-state index contributed by atoms with van der Waals surface area (Å²) in [7, 11) is 0. The standard InChI is InChI=1S/C21H42/c1-15(2,3)16(4,5)21(14)19(10,11)17(6,7)18(8,9)20(21,12)13/h1-14H3. The lowest BCUT2D eigenvalue weighted by molar-refractivity contribution is -0.155. The van der Waals surface area contributed by atoms with Crippen molar-refractivity contribution in [3.63, 3.8) is 0 Å². The van der Waals surface area contributed by atoms with Crippen molar-refractivity contribution in [3.05, 3.63) is 0 Å². The summed E-state index contributed by atoms with van der Waals surface area (Å²) >= 11 is 0. The monoisotopic (exact) mass is 294 g/mol. The van der Waals surface area contributed by atoms with Gasteiger partial charge < -0.3 is 0 Å². The minimum absolute atomic E-state index is 0.234. The molecule has 0 unspecified atom stereocenters. The fourth-order valence-corrected chi connectivity index (χ4v) is 5.91. The molecule has 0 heterocycles. The predicted molar refractivity (Wildman–Crippen MR) is 96.5 cm³/mol. The van der Waals surface area contributed by atoms with Gasteiger partial charge in [0, 0.05) is 0 Å². The highest BCUT2D eigenvalue weighted by Crippen LogP contribution is 2.83. The first-order valence-corrected chi connectivity index (χ1v) is 8.75. The van der Waals surface area contributed by atoms with Gasteiger partial charge in [0.25, 0.3) is 0 Å². The molecule has 0 aliphatic heterocycles. The molecule has 0 bridgehead atoms. The molecule has 0 N–H and O–H groups in total. The van der Waals surface area contributed by atoms with Crippen molar-refractivity contribution in [2.24, 2.45) is 37.9 Å².